The Labute approximate surface area is 87.4 Å². The molecule has 1 heterocycles. The van der Waals surface area contributed by atoms with Crippen LogP contribution in [-0.4, -0.2) is 11.9 Å². The average Bonchev–Trinajstić information content (AvgIpc) is 2.58. The van der Waals surface area contributed by atoms with Crippen molar-refractivity contribution >= 4 is 17.5 Å². The van der Waals surface area contributed by atoms with Crippen molar-refractivity contribution in [3.8, 4) is 0 Å². The van der Waals surface area contributed by atoms with Gasteiger partial charge in [0, 0.05) is 0 Å². The Morgan fingerprint density at radius 3 is 2.40 bits per heavy atom. The molecule has 2 rings (SSSR count). The summed E-state index contributed by atoms with van der Waals surface area (Å²) in [6.45, 7) is 1.82. The number of hydrogen-bond donors (Lipinski definition) is 0. The fourth-order valence-electron chi connectivity index (χ4n) is 1.57. The summed E-state index contributed by atoms with van der Waals surface area (Å²) in [5.41, 5.74) is 2.22. The first kappa shape index (κ1) is 9.65. The Hall–Kier alpha value is -1.90. The molecule has 76 valence electrons. The first-order chi connectivity index (χ1) is 7.18. The van der Waals surface area contributed by atoms with E-state index in [0.29, 0.717) is 5.57 Å². The number of rotatable bonds is 1. The van der Waals surface area contributed by atoms with E-state index >= 15 is 0 Å². The zero-order valence-corrected chi connectivity index (χ0v) is 8.32. The third-order valence-corrected chi connectivity index (χ3v) is 2.43. The molecule has 15 heavy (non-hydrogen) atoms. The standard InChI is InChI=1S/C12H10O3/c1-8(9-5-3-2-4-6-9)10-7-11(13)15-12(10)14/h2-6H,7H2,1H3/b10-8-. The molecule has 0 N–H and O–H groups in total. The lowest BCUT2D eigenvalue weighted by Gasteiger charge is -2.02. The highest BCUT2D eigenvalue weighted by atomic mass is 16.6. The van der Waals surface area contributed by atoms with Crippen molar-refractivity contribution in [1.82, 2.24) is 0 Å². The maximum absolute atomic E-state index is 11.3. The summed E-state index contributed by atoms with van der Waals surface area (Å²) in [6.07, 6.45) is 0.0829. The molecule has 3 heteroatoms. The molecule has 3 nitrogen and oxygen atoms in total. The summed E-state index contributed by atoms with van der Waals surface area (Å²) in [5, 5.41) is 0. The predicted octanol–water partition coefficient (Wildman–Crippen LogP) is 1.93. The smallest absolute Gasteiger partial charge is 0.342 e. The van der Waals surface area contributed by atoms with Crippen LogP contribution in [0.15, 0.2) is 35.9 Å². The molecule has 1 aromatic rings. The van der Waals surface area contributed by atoms with Crippen LogP contribution < -0.4 is 0 Å². The fraction of sp³-hybridized carbons (Fsp3) is 0.167. The van der Waals surface area contributed by atoms with E-state index in [1.807, 2.05) is 37.3 Å². The molecule has 0 amide bonds. The maximum atomic E-state index is 11.3. The number of benzene rings is 1. The van der Waals surface area contributed by atoms with Gasteiger partial charge in [-0.05, 0) is 18.1 Å². The second-order valence-electron chi connectivity index (χ2n) is 3.41. The van der Waals surface area contributed by atoms with Crippen LogP contribution in [0, 0.1) is 0 Å². The van der Waals surface area contributed by atoms with Gasteiger partial charge in [-0.3, -0.25) is 4.79 Å². The topological polar surface area (TPSA) is 43.4 Å². The number of allylic oxidation sites excluding steroid dienone is 1. The lowest BCUT2D eigenvalue weighted by atomic mass is 10.0. The van der Waals surface area contributed by atoms with Gasteiger partial charge in [-0.25, -0.2) is 4.79 Å². The van der Waals surface area contributed by atoms with Crippen molar-refractivity contribution in [2.24, 2.45) is 0 Å². The minimum atomic E-state index is -0.513. The molecule has 1 aliphatic rings. The minimum Gasteiger partial charge on any atom is -0.389 e. The van der Waals surface area contributed by atoms with Crippen LogP contribution in [0.4, 0.5) is 0 Å². The van der Waals surface area contributed by atoms with Gasteiger partial charge in [-0.15, -0.1) is 0 Å². The number of carbonyl (C=O) groups is 2. The van der Waals surface area contributed by atoms with Crippen LogP contribution in [0.2, 0.25) is 0 Å². The van der Waals surface area contributed by atoms with Gasteiger partial charge >= 0.3 is 11.9 Å². The summed E-state index contributed by atoms with van der Waals surface area (Å²) in [5.74, 6) is -0.980. The number of cyclic esters (lactones) is 2. The van der Waals surface area contributed by atoms with E-state index in [1.165, 1.54) is 0 Å². The molecule has 0 saturated carbocycles. The number of carbonyl (C=O) groups excluding carboxylic acids is 2. The monoisotopic (exact) mass is 202 g/mol. The zero-order valence-electron chi connectivity index (χ0n) is 8.32. The summed E-state index contributed by atoms with van der Waals surface area (Å²) in [4.78, 5) is 22.2. The van der Waals surface area contributed by atoms with Gasteiger partial charge in [-0.2, -0.15) is 0 Å². The average molecular weight is 202 g/mol. The van der Waals surface area contributed by atoms with Crippen LogP contribution in [0.1, 0.15) is 18.9 Å². The molecule has 1 saturated heterocycles. The van der Waals surface area contributed by atoms with E-state index in [2.05, 4.69) is 4.74 Å². The zero-order chi connectivity index (χ0) is 10.8. The van der Waals surface area contributed by atoms with Crippen LogP contribution >= 0.6 is 0 Å². The van der Waals surface area contributed by atoms with E-state index in [0.717, 1.165) is 11.1 Å². The van der Waals surface area contributed by atoms with E-state index in [9.17, 15) is 9.59 Å². The summed E-state index contributed by atoms with van der Waals surface area (Å²) >= 11 is 0. The SMILES string of the molecule is C/C(=C1\CC(=O)OC1=O)c1ccccc1. The van der Waals surface area contributed by atoms with E-state index < -0.39 is 11.9 Å². The van der Waals surface area contributed by atoms with Gasteiger partial charge in [0.1, 0.15) is 0 Å². The molecular weight excluding hydrogens is 192 g/mol. The third-order valence-electron chi connectivity index (χ3n) is 2.43. The Morgan fingerprint density at radius 2 is 1.87 bits per heavy atom. The first-order valence-corrected chi connectivity index (χ1v) is 4.68. The lowest BCUT2D eigenvalue weighted by Crippen LogP contribution is -1.98. The first-order valence-electron chi connectivity index (χ1n) is 4.68. The molecule has 0 atom stereocenters. The molecule has 1 aliphatic heterocycles. The molecule has 0 radical (unpaired) electrons. The molecule has 1 aromatic carbocycles. The fourth-order valence-corrected chi connectivity index (χ4v) is 1.57. The second kappa shape index (κ2) is 3.69. The van der Waals surface area contributed by atoms with Gasteiger partial charge in [0.2, 0.25) is 0 Å². The van der Waals surface area contributed by atoms with E-state index in [-0.39, 0.29) is 6.42 Å². The lowest BCUT2D eigenvalue weighted by molar-refractivity contribution is -0.151. The largest absolute Gasteiger partial charge is 0.389 e. The van der Waals surface area contributed by atoms with Crippen LogP contribution in [0.25, 0.3) is 5.57 Å². The molecule has 0 aliphatic carbocycles. The highest BCUT2D eigenvalue weighted by Crippen LogP contribution is 2.25. The molecule has 1 fully saturated rings. The summed E-state index contributed by atoms with van der Waals surface area (Å²) < 4.78 is 4.48. The van der Waals surface area contributed by atoms with Crippen LogP contribution in [-0.2, 0) is 14.3 Å². The Morgan fingerprint density at radius 1 is 1.20 bits per heavy atom. The Bertz CT molecular complexity index is 443. The van der Waals surface area contributed by atoms with Crippen LogP contribution in [0.5, 0.6) is 0 Å². The van der Waals surface area contributed by atoms with Crippen molar-refractivity contribution in [2.75, 3.05) is 0 Å². The molecule has 0 unspecified atom stereocenters. The Kier molecular flexibility index (Phi) is 2.37. The van der Waals surface area contributed by atoms with Crippen molar-refractivity contribution < 1.29 is 14.3 Å². The second-order valence-corrected chi connectivity index (χ2v) is 3.41. The molecule has 0 spiro atoms. The quantitative estimate of drug-likeness (QED) is 0.397. The van der Waals surface area contributed by atoms with Crippen molar-refractivity contribution in [2.45, 2.75) is 13.3 Å². The van der Waals surface area contributed by atoms with Gasteiger partial charge in [0.25, 0.3) is 0 Å². The van der Waals surface area contributed by atoms with Gasteiger partial charge in [0.15, 0.2) is 0 Å². The normalized spacial score (nSPS) is 19.0. The van der Waals surface area contributed by atoms with Crippen molar-refractivity contribution in [3.05, 3.63) is 41.5 Å². The van der Waals surface area contributed by atoms with E-state index in [1.54, 1.807) is 0 Å². The van der Waals surface area contributed by atoms with Gasteiger partial charge in [0.05, 0.1) is 12.0 Å². The maximum Gasteiger partial charge on any atom is 0.342 e. The Balaban J connectivity index is 2.42. The predicted molar refractivity (Wildman–Crippen MR) is 54.8 cm³/mol. The molecule has 0 aromatic heterocycles. The van der Waals surface area contributed by atoms with Gasteiger partial charge in [-0.1, -0.05) is 30.3 Å². The van der Waals surface area contributed by atoms with Gasteiger partial charge < -0.3 is 4.74 Å². The van der Waals surface area contributed by atoms with Crippen molar-refractivity contribution in [3.63, 3.8) is 0 Å². The summed E-state index contributed by atoms with van der Waals surface area (Å²) in [6, 6.07) is 9.49. The number of ether oxygens (including phenoxy) is 1. The number of hydrogen-bond acceptors (Lipinski definition) is 3. The third kappa shape index (κ3) is 1.81. The minimum absolute atomic E-state index is 0.0829. The molecule has 0 bridgehead atoms. The van der Waals surface area contributed by atoms with Crippen molar-refractivity contribution in [1.29, 1.82) is 0 Å². The molecular formula is C12H10O3. The summed E-state index contributed by atoms with van der Waals surface area (Å²) in [7, 11) is 0. The van der Waals surface area contributed by atoms with Crippen LogP contribution in [0.3, 0.4) is 0 Å². The van der Waals surface area contributed by atoms with E-state index in [4.69, 9.17) is 0 Å². The highest BCUT2D eigenvalue weighted by molar-refractivity contribution is 6.10. The number of esters is 2. The highest BCUT2D eigenvalue weighted by Gasteiger charge is 2.28.